The number of aldehydes is 1. The van der Waals surface area contributed by atoms with Crippen molar-refractivity contribution in [2.24, 2.45) is 22.1 Å². The van der Waals surface area contributed by atoms with E-state index in [1.807, 2.05) is 0 Å². The highest BCUT2D eigenvalue weighted by atomic mass is 19.4. The van der Waals surface area contributed by atoms with Gasteiger partial charge in [0.25, 0.3) is 5.96 Å². The smallest absolute Gasteiger partial charge is 0.353 e. The lowest BCUT2D eigenvalue weighted by atomic mass is 9.77. The summed E-state index contributed by atoms with van der Waals surface area (Å²) in [4.78, 5) is 19.1. The lowest BCUT2D eigenvalue weighted by molar-refractivity contribution is -0.143. The van der Waals surface area contributed by atoms with Crippen LogP contribution in [0, 0.1) is 29.0 Å². The SMILES string of the molecule is CN/N=C(\N=N)N(Cc1cc(C(F)(F)F)cc(C(F)(F)F)c1)Cc1cc2cc(F)c(F)cc2nc1N1CCC[C@@H]1[C@H]1CC[C@H](CC=O)CC1. The van der Waals surface area contributed by atoms with Crippen molar-refractivity contribution in [1.29, 1.82) is 5.53 Å². The van der Waals surface area contributed by atoms with Crippen molar-refractivity contribution in [3.05, 3.63) is 70.3 Å². The number of hydrogen-bond donors (Lipinski definition) is 2. The van der Waals surface area contributed by atoms with Gasteiger partial charge in [-0.3, -0.25) is 0 Å². The minimum absolute atomic E-state index is 0.0174. The van der Waals surface area contributed by atoms with Gasteiger partial charge >= 0.3 is 12.4 Å². The van der Waals surface area contributed by atoms with E-state index in [2.05, 4.69) is 20.5 Å². The highest BCUT2D eigenvalue weighted by molar-refractivity contribution is 5.83. The molecule has 16 heteroatoms. The first-order valence-electron chi connectivity index (χ1n) is 15.9. The van der Waals surface area contributed by atoms with E-state index < -0.39 is 41.7 Å². The maximum Gasteiger partial charge on any atom is 0.416 e. The fourth-order valence-corrected chi connectivity index (χ4v) is 7.06. The van der Waals surface area contributed by atoms with E-state index in [0.717, 1.165) is 56.9 Å². The Kier molecular flexibility index (Phi) is 10.7. The second kappa shape index (κ2) is 14.6. The Morgan fingerprint density at radius 2 is 1.61 bits per heavy atom. The molecule has 0 unspecified atom stereocenters. The number of benzene rings is 2. The Hall–Kier alpha value is -4.37. The summed E-state index contributed by atoms with van der Waals surface area (Å²) in [6.45, 7) is -0.265. The standard InChI is InChI=1S/C33H35F8N7O/c1-43-46-31(45-42)47(17-20-11-24(32(36,37)38)15-25(12-20)33(39,40)41)18-23-13-22-14-26(34)27(35)16-28(22)44-30(23)48-9-2-3-29(48)21-6-4-19(5-7-21)8-10-49/h10-16,19,21,29,42-43H,2-9,17-18H2,1H3/b45-42?,46-31+/t19-,21-,29-/m1/s1. The molecule has 264 valence electrons. The number of hydrogen-bond acceptors (Lipinski definition) is 6. The molecular weight excluding hydrogens is 662 g/mol. The van der Waals surface area contributed by atoms with Gasteiger partial charge in [0, 0.05) is 56.2 Å². The highest BCUT2D eigenvalue weighted by Gasteiger charge is 2.38. The van der Waals surface area contributed by atoms with Crippen molar-refractivity contribution < 1.29 is 39.9 Å². The number of fused-ring (bicyclic) bond motifs is 1. The molecule has 8 nitrogen and oxygen atoms in total. The van der Waals surface area contributed by atoms with Gasteiger partial charge in [0.2, 0.25) is 0 Å². The molecule has 2 fully saturated rings. The van der Waals surface area contributed by atoms with E-state index in [4.69, 9.17) is 10.5 Å². The number of anilines is 1. The summed E-state index contributed by atoms with van der Waals surface area (Å²) in [5.74, 6) is -1.61. The Labute approximate surface area is 277 Å². The third-order valence-electron chi connectivity index (χ3n) is 9.33. The molecule has 1 aliphatic carbocycles. The summed E-state index contributed by atoms with van der Waals surface area (Å²) < 4.78 is 111. The number of pyridine rings is 1. The third kappa shape index (κ3) is 8.27. The minimum Gasteiger partial charge on any atom is -0.353 e. The molecule has 1 aromatic heterocycles. The fraction of sp³-hybridized carbons (Fsp3) is 0.485. The minimum atomic E-state index is -5.07. The van der Waals surface area contributed by atoms with E-state index in [9.17, 15) is 39.9 Å². The van der Waals surface area contributed by atoms with Crippen molar-refractivity contribution in [2.75, 3.05) is 18.5 Å². The van der Waals surface area contributed by atoms with Gasteiger partial charge < -0.3 is 20.0 Å². The number of nitrogens with zero attached hydrogens (tertiary/aromatic N) is 5. The zero-order valence-electron chi connectivity index (χ0n) is 26.5. The fourth-order valence-electron chi connectivity index (χ4n) is 7.06. The van der Waals surface area contributed by atoms with Crippen molar-refractivity contribution >= 4 is 29.0 Å². The lowest BCUT2D eigenvalue weighted by Crippen LogP contribution is -2.39. The first-order valence-corrected chi connectivity index (χ1v) is 15.9. The molecule has 49 heavy (non-hydrogen) atoms. The maximum atomic E-state index is 14.4. The zero-order chi connectivity index (χ0) is 35.5. The van der Waals surface area contributed by atoms with Crippen LogP contribution >= 0.6 is 0 Å². The molecule has 2 N–H and O–H groups in total. The van der Waals surface area contributed by atoms with Crippen molar-refractivity contribution in [3.8, 4) is 0 Å². The van der Waals surface area contributed by atoms with Crippen LogP contribution in [-0.4, -0.2) is 41.8 Å². The average molecular weight is 698 g/mol. The molecule has 0 spiro atoms. The summed E-state index contributed by atoms with van der Waals surface area (Å²) in [5.41, 5.74) is 7.38. The molecule has 0 amide bonds. The third-order valence-corrected chi connectivity index (χ3v) is 9.33. The van der Waals surface area contributed by atoms with E-state index in [1.54, 1.807) is 6.07 Å². The van der Waals surface area contributed by atoms with E-state index in [-0.39, 0.29) is 47.0 Å². The lowest BCUT2D eigenvalue weighted by Gasteiger charge is -2.38. The van der Waals surface area contributed by atoms with E-state index in [1.165, 1.54) is 11.9 Å². The Morgan fingerprint density at radius 3 is 2.20 bits per heavy atom. The van der Waals surface area contributed by atoms with Crippen LogP contribution in [0.5, 0.6) is 0 Å². The topological polar surface area (TPSA) is 97.0 Å². The number of halogens is 8. The van der Waals surface area contributed by atoms with E-state index >= 15 is 0 Å². The summed E-state index contributed by atoms with van der Waals surface area (Å²) in [5, 5.41) is 7.54. The second-order valence-corrected chi connectivity index (χ2v) is 12.5. The number of nitrogens with one attached hydrogen (secondary N) is 2. The van der Waals surface area contributed by atoms with Gasteiger partial charge in [-0.25, -0.2) is 19.3 Å². The van der Waals surface area contributed by atoms with Crippen LogP contribution in [0.1, 0.15) is 67.2 Å². The molecule has 2 aliphatic rings. The molecule has 2 heterocycles. The van der Waals surface area contributed by atoms with Gasteiger partial charge in [0.05, 0.1) is 16.6 Å². The first kappa shape index (κ1) is 35.9. The molecule has 1 saturated carbocycles. The largest absolute Gasteiger partial charge is 0.416 e. The predicted molar refractivity (Wildman–Crippen MR) is 165 cm³/mol. The molecule has 0 radical (unpaired) electrons. The molecule has 2 aromatic carbocycles. The van der Waals surface area contributed by atoms with Crippen molar-refractivity contribution in [3.63, 3.8) is 0 Å². The number of hydrazone groups is 1. The molecule has 1 atom stereocenters. The zero-order valence-corrected chi connectivity index (χ0v) is 26.5. The molecule has 0 bridgehead atoms. The highest BCUT2D eigenvalue weighted by Crippen LogP contribution is 2.41. The predicted octanol–water partition coefficient (Wildman–Crippen LogP) is 8.44. The van der Waals surface area contributed by atoms with Gasteiger partial charge in [-0.15, -0.1) is 10.2 Å². The molecular formula is C33H35F8N7O. The monoisotopic (exact) mass is 697 g/mol. The van der Waals surface area contributed by atoms with Crippen molar-refractivity contribution in [1.82, 2.24) is 15.3 Å². The van der Waals surface area contributed by atoms with Crippen molar-refractivity contribution in [2.45, 2.75) is 76.4 Å². The van der Waals surface area contributed by atoms with Crippen LogP contribution in [0.4, 0.5) is 40.9 Å². The maximum absolute atomic E-state index is 14.4. The van der Waals surface area contributed by atoms with Crippen LogP contribution < -0.4 is 10.3 Å². The van der Waals surface area contributed by atoms with Gasteiger partial charge in [-0.2, -0.15) is 26.3 Å². The molecule has 3 aromatic rings. The molecule has 1 saturated heterocycles. The average Bonchev–Trinajstić information content (AvgIpc) is 3.53. The molecule has 1 aliphatic heterocycles. The van der Waals surface area contributed by atoms with Crippen LogP contribution in [0.2, 0.25) is 0 Å². The number of rotatable bonds is 9. The van der Waals surface area contributed by atoms with Gasteiger partial charge in [-0.1, -0.05) is 0 Å². The Morgan fingerprint density at radius 1 is 0.959 bits per heavy atom. The number of alkyl halides is 6. The Balaban J connectivity index is 1.59. The normalized spacial score (nSPS) is 20.5. The van der Waals surface area contributed by atoms with Gasteiger partial charge in [0.15, 0.2) is 11.6 Å². The van der Waals surface area contributed by atoms with Crippen LogP contribution in [0.3, 0.4) is 0 Å². The summed E-state index contributed by atoms with van der Waals surface area (Å²) >= 11 is 0. The number of aromatic nitrogens is 1. The second-order valence-electron chi connectivity index (χ2n) is 12.5. The first-order chi connectivity index (χ1) is 23.2. The van der Waals surface area contributed by atoms with Gasteiger partial charge in [0.1, 0.15) is 12.1 Å². The summed E-state index contributed by atoms with van der Waals surface area (Å²) in [6.07, 6.45) is -3.56. The molecule has 5 rings (SSSR count). The van der Waals surface area contributed by atoms with Crippen LogP contribution in [-0.2, 0) is 30.2 Å². The van der Waals surface area contributed by atoms with Crippen LogP contribution in [0.15, 0.2) is 46.6 Å². The van der Waals surface area contributed by atoms with Gasteiger partial charge in [-0.05, 0) is 86.3 Å². The number of guanidine groups is 1. The quantitative estimate of drug-likeness (QED) is 0.0585. The number of carbonyl (C=O) groups is 1. The summed E-state index contributed by atoms with van der Waals surface area (Å²) in [7, 11) is 1.38. The summed E-state index contributed by atoms with van der Waals surface area (Å²) in [6, 6.07) is 4.73. The van der Waals surface area contributed by atoms with E-state index in [0.29, 0.717) is 42.4 Å². The number of carbonyl (C=O) groups excluding carboxylic acids is 1. The van der Waals surface area contributed by atoms with Crippen LogP contribution in [0.25, 0.3) is 10.9 Å². The Bertz CT molecular complexity index is 1670.